The van der Waals surface area contributed by atoms with Gasteiger partial charge in [-0.15, -0.1) is 11.8 Å². The molecular weight excluding hydrogens is 368 g/mol. The van der Waals surface area contributed by atoms with E-state index in [-0.39, 0.29) is 18.0 Å². The van der Waals surface area contributed by atoms with Crippen LogP contribution in [0, 0.1) is 10.1 Å². The number of carbonyl (C=O) groups is 1. The molecule has 0 saturated heterocycles. The summed E-state index contributed by atoms with van der Waals surface area (Å²) in [5.41, 5.74) is 2.32. The number of nitrogens with zero attached hydrogens (tertiary/aromatic N) is 1. The monoisotopic (exact) mass is 384 g/mol. The number of thiophene rings is 1. The van der Waals surface area contributed by atoms with E-state index in [9.17, 15) is 14.9 Å². The van der Waals surface area contributed by atoms with Gasteiger partial charge in [-0.1, -0.05) is 30.3 Å². The lowest BCUT2D eigenvalue weighted by Gasteiger charge is -2.10. The van der Waals surface area contributed by atoms with E-state index in [1.807, 2.05) is 29.6 Å². The lowest BCUT2D eigenvalue weighted by atomic mass is 10.1. The van der Waals surface area contributed by atoms with E-state index in [1.165, 1.54) is 11.6 Å². The van der Waals surface area contributed by atoms with Gasteiger partial charge in [0, 0.05) is 22.3 Å². The summed E-state index contributed by atoms with van der Waals surface area (Å²) >= 11 is 3.30. The Kier molecular flexibility index (Phi) is 6.04. The summed E-state index contributed by atoms with van der Waals surface area (Å²) < 4.78 is 0. The summed E-state index contributed by atoms with van der Waals surface area (Å²) in [6.07, 6.45) is -0.0410. The zero-order valence-corrected chi connectivity index (χ0v) is 15.4. The van der Waals surface area contributed by atoms with Crippen LogP contribution in [0.2, 0.25) is 0 Å². The number of thioether (sulfide) groups is 1. The van der Waals surface area contributed by atoms with Crippen LogP contribution in [-0.4, -0.2) is 10.8 Å². The largest absolute Gasteiger partial charge is 0.325 e. The Morgan fingerprint density at radius 2 is 1.88 bits per heavy atom. The van der Waals surface area contributed by atoms with Gasteiger partial charge in [0.1, 0.15) is 0 Å². The van der Waals surface area contributed by atoms with Gasteiger partial charge >= 0.3 is 0 Å². The van der Waals surface area contributed by atoms with Crippen molar-refractivity contribution in [1.82, 2.24) is 0 Å². The summed E-state index contributed by atoms with van der Waals surface area (Å²) in [6, 6.07) is 16.0. The number of benzene rings is 2. The molecule has 0 spiro atoms. The van der Waals surface area contributed by atoms with Gasteiger partial charge in [0.2, 0.25) is 5.91 Å². The molecule has 0 bridgehead atoms. The first-order chi connectivity index (χ1) is 12.6. The zero-order chi connectivity index (χ0) is 18.4. The number of para-hydroxylation sites is 2. The molecule has 26 heavy (non-hydrogen) atoms. The van der Waals surface area contributed by atoms with Gasteiger partial charge in [-0.25, -0.2) is 0 Å². The summed E-state index contributed by atoms with van der Waals surface area (Å²) in [7, 11) is 0. The fourth-order valence-corrected chi connectivity index (χ4v) is 4.16. The minimum absolute atomic E-state index is 0.0391. The third-order valence-corrected chi connectivity index (χ3v) is 5.55. The third-order valence-electron chi connectivity index (χ3n) is 3.67. The molecule has 0 radical (unpaired) electrons. The Hall–Kier alpha value is -2.64. The number of hydrogen-bond acceptors (Lipinski definition) is 5. The molecule has 0 unspecified atom stereocenters. The van der Waals surface area contributed by atoms with Gasteiger partial charge in [-0.2, -0.15) is 11.3 Å². The standard InChI is InChI=1S/C19H16N2O3S2/c22-19(11-15-5-1-3-7-17(15)21(23)24)20-16-6-2-4-8-18(16)26-13-14-9-10-25-12-14/h1-10,12H,11,13H2,(H,20,22). The molecule has 1 amide bonds. The number of amides is 1. The molecular formula is C19H16N2O3S2. The van der Waals surface area contributed by atoms with E-state index in [4.69, 9.17) is 0 Å². The molecule has 1 N–H and O–H groups in total. The molecule has 0 aliphatic rings. The van der Waals surface area contributed by atoms with Crippen molar-refractivity contribution in [3.05, 3.63) is 86.6 Å². The second-order valence-electron chi connectivity index (χ2n) is 5.53. The maximum Gasteiger partial charge on any atom is 0.273 e. The molecule has 0 aliphatic carbocycles. The highest BCUT2D eigenvalue weighted by atomic mass is 32.2. The molecule has 3 aromatic rings. The average Bonchev–Trinajstić information content (AvgIpc) is 3.15. The third kappa shape index (κ3) is 4.71. The number of carbonyl (C=O) groups excluding carboxylic acids is 1. The van der Waals surface area contributed by atoms with Crippen molar-refractivity contribution >= 4 is 40.4 Å². The van der Waals surface area contributed by atoms with E-state index >= 15 is 0 Å². The Bertz CT molecular complexity index is 911. The number of anilines is 1. The molecule has 0 saturated carbocycles. The van der Waals surface area contributed by atoms with Crippen LogP contribution in [0.5, 0.6) is 0 Å². The number of rotatable bonds is 7. The van der Waals surface area contributed by atoms with Crippen molar-refractivity contribution < 1.29 is 9.72 Å². The van der Waals surface area contributed by atoms with Crippen LogP contribution in [0.4, 0.5) is 11.4 Å². The van der Waals surface area contributed by atoms with Crippen LogP contribution in [0.1, 0.15) is 11.1 Å². The van der Waals surface area contributed by atoms with Crippen molar-refractivity contribution in [2.24, 2.45) is 0 Å². The molecule has 7 heteroatoms. The van der Waals surface area contributed by atoms with Crippen molar-refractivity contribution in [1.29, 1.82) is 0 Å². The summed E-state index contributed by atoms with van der Waals surface area (Å²) in [4.78, 5) is 24.0. The Morgan fingerprint density at radius 3 is 2.65 bits per heavy atom. The van der Waals surface area contributed by atoms with Crippen LogP contribution in [0.15, 0.2) is 70.3 Å². The minimum atomic E-state index is -0.465. The maximum atomic E-state index is 12.4. The predicted molar refractivity (Wildman–Crippen MR) is 106 cm³/mol. The molecule has 3 rings (SSSR count). The van der Waals surface area contributed by atoms with Crippen LogP contribution in [-0.2, 0) is 17.0 Å². The van der Waals surface area contributed by atoms with Crippen LogP contribution in [0.25, 0.3) is 0 Å². The topological polar surface area (TPSA) is 72.2 Å². The van der Waals surface area contributed by atoms with Crippen LogP contribution in [0.3, 0.4) is 0 Å². The zero-order valence-electron chi connectivity index (χ0n) is 13.8. The lowest BCUT2D eigenvalue weighted by Crippen LogP contribution is -2.15. The normalized spacial score (nSPS) is 10.5. The second-order valence-corrected chi connectivity index (χ2v) is 7.32. The van der Waals surface area contributed by atoms with Gasteiger partial charge in [0.25, 0.3) is 5.69 Å². The molecule has 2 aromatic carbocycles. The maximum absolute atomic E-state index is 12.4. The fraction of sp³-hybridized carbons (Fsp3) is 0.105. The van der Waals surface area contributed by atoms with Crippen LogP contribution < -0.4 is 5.32 Å². The first kappa shape index (κ1) is 18.2. The van der Waals surface area contributed by atoms with Crippen molar-refractivity contribution in [3.8, 4) is 0 Å². The summed E-state index contributed by atoms with van der Waals surface area (Å²) in [6.45, 7) is 0. The van der Waals surface area contributed by atoms with Crippen LogP contribution >= 0.6 is 23.1 Å². The van der Waals surface area contributed by atoms with Crippen molar-refractivity contribution in [2.45, 2.75) is 17.1 Å². The lowest BCUT2D eigenvalue weighted by molar-refractivity contribution is -0.385. The molecule has 1 aromatic heterocycles. The van der Waals surface area contributed by atoms with E-state index in [1.54, 1.807) is 41.3 Å². The van der Waals surface area contributed by atoms with E-state index < -0.39 is 4.92 Å². The highest BCUT2D eigenvalue weighted by Crippen LogP contribution is 2.30. The van der Waals surface area contributed by atoms with Crippen molar-refractivity contribution in [3.63, 3.8) is 0 Å². The number of nitrogens with one attached hydrogen (secondary N) is 1. The van der Waals surface area contributed by atoms with E-state index in [0.29, 0.717) is 5.56 Å². The minimum Gasteiger partial charge on any atom is -0.325 e. The first-order valence-corrected chi connectivity index (χ1v) is 9.81. The second kappa shape index (κ2) is 8.64. The van der Waals surface area contributed by atoms with Gasteiger partial charge in [-0.05, 0) is 34.5 Å². The number of nitro groups is 1. The molecule has 132 valence electrons. The number of hydrogen-bond donors (Lipinski definition) is 1. The Labute approximate surface area is 159 Å². The Morgan fingerprint density at radius 1 is 1.12 bits per heavy atom. The molecule has 0 fully saturated rings. The number of nitro benzene ring substituents is 1. The van der Waals surface area contributed by atoms with E-state index in [0.717, 1.165) is 16.3 Å². The SMILES string of the molecule is O=C(Cc1ccccc1[N+](=O)[O-])Nc1ccccc1SCc1ccsc1. The fourth-order valence-electron chi connectivity index (χ4n) is 2.44. The molecule has 0 aliphatic heterocycles. The van der Waals surface area contributed by atoms with Gasteiger partial charge in [0.05, 0.1) is 17.0 Å². The highest BCUT2D eigenvalue weighted by molar-refractivity contribution is 7.98. The molecule has 0 atom stereocenters. The van der Waals surface area contributed by atoms with E-state index in [2.05, 4.69) is 16.8 Å². The van der Waals surface area contributed by atoms with Gasteiger partial charge in [-0.3, -0.25) is 14.9 Å². The highest BCUT2D eigenvalue weighted by Gasteiger charge is 2.16. The summed E-state index contributed by atoms with van der Waals surface area (Å²) in [5.74, 6) is 0.545. The average molecular weight is 384 g/mol. The first-order valence-electron chi connectivity index (χ1n) is 7.88. The quantitative estimate of drug-likeness (QED) is 0.348. The van der Waals surface area contributed by atoms with Gasteiger partial charge in [0.15, 0.2) is 0 Å². The van der Waals surface area contributed by atoms with Gasteiger partial charge < -0.3 is 5.32 Å². The Balaban J connectivity index is 1.69. The molecule has 5 nitrogen and oxygen atoms in total. The smallest absolute Gasteiger partial charge is 0.273 e. The predicted octanol–water partition coefficient (Wildman–Crippen LogP) is 5.13. The summed E-state index contributed by atoms with van der Waals surface area (Å²) in [5, 5.41) is 18.1. The molecule has 1 heterocycles. The van der Waals surface area contributed by atoms with Crippen molar-refractivity contribution in [2.75, 3.05) is 5.32 Å².